The quantitative estimate of drug-likeness (QED) is 0.122. The average molecular weight is 596 g/mol. The lowest BCUT2D eigenvalue weighted by Gasteiger charge is -2.33. The number of carbonyl (C=O) groups excluding carboxylic acids is 2. The molecule has 0 spiro atoms. The third-order valence-electron chi connectivity index (χ3n) is 6.89. The number of carbonyl (C=O) groups is 2. The monoisotopic (exact) mass is 595 g/mol. The van der Waals surface area contributed by atoms with E-state index < -0.39 is 36.6 Å². The van der Waals surface area contributed by atoms with Crippen LogP contribution < -0.4 is 15.9 Å². The van der Waals surface area contributed by atoms with Gasteiger partial charge in [0, 0.05) is 0 Å². The molecule has 2 aromatic rings. The van der Waals surface area contributed by atoms with Crippen molar-refractivity contribution in [3.63, 3.8) is 0 Å². The van der Waals surface area contributed by atoms with Gasteiger partial charge in [0.2, 0.25) is 7.44 Å². The Labute approximate surface area is 242 Å². The van der Waals surface area contributed by atoms with E-state index >= 15 is 0 Å². The SMILES string of the molecule is CCCCCOC(=O)C(C)(C)NP(=O)(CO[C@H](C)Cn1cnc2c(N)ncnc21)NC1(C(=O)OCCCCC)CC1. The number of hydrogen-bond acceptors (Lipinski definition) is 10. The summed E-state index contributed by atoms with van der Waals surface area (Å²) >= 11 is 0. The normalized spacial score (nSPS) is 16.7. The zero-order chi connectivity index (χ0) is 30.1. The van der Waals surface area contributed by atoms with E-state index in [0.29, 0.717) is 37.2 Å². The molecule has 0 bridgehead atoms. The van der Waals surface area contributed by atoms with Crippen LogP contribution in [0.5, 0.6) is 0 Å². The van der Waals surface area contributed by atoms with Crippen molar-refractivity contribution < 1.29 is 28.4 Å². The van der Waals surface area contributed by atoms with Gasteiger partial charge >= 0.3 is 11.9 Å². The molecule has 0 aliphatic heterocycles. The summed E-state index contributed by atoms with van der Waals surface area (Å²) in [7, 11) is -3.69. The van der Waals surface area contributed by atoms with Gasteiger partial charge in [-0.15, -0.1) is 0 Å². The lowest BCUT2D eigenvalue weighted by Crippen LogP contribution is -2.51. The summed E-state index contributed by atoms with van der Waals surface area (Å²) in [5, 5.41) is 6.01. The third-order valence-corrected chi connectivity index (χ3v) is 9.11. The van der Waals surface area contributed by atoms with E-state index in [0.717, 1.165) is 38.5 Å². The summed E-state index contributed by atoms with van der Waals surface area (Å²) < 4.78 is 33.2. The van der Waals surface area contributed by atoms with E-state index in [1.54, 1.807) is 24.7 Å². The second-order valence-electron chi connectivity index (χ2n) is 11.3. The number of ether oxygens (including phenoxy) is 3. The van der Waals surface area contributed by atoms with Crippen molar-refractivity contribution in [3.8, 4) is 0 Å². The number of nitrogens with one attached hydrogen (secondary N) is 2. The topological polar surface area (TPSA) is 173 Å². The molecule has 14 heteroatoms. The minimum atomic E-state index is -3.69. The van der Waals surface area contributed by atoms with Crippen molar-refractivity contribution >= 4 is 36.4 Å². The first kappa shape index (κ1) is 32.9. The van der Waals surface area contributed by atoms with Crippen molar-refractivity contribution in [1.82, 2.24) is 29.7 Å². The fourth-order valence-corrected chi connectivity index (χ4v) is 7.02. The van der Waals surface area contributed by atoms with Crippen LogP contribution in [-0.2, 0) is 34.9 Å². The number of nitrogens with two attached hydrogens (primary N) is 1. The summed E-state index contributed by atoms with van der Waals surface area (Å²) in [6.45, 7) is 10.1. The highest BCUT2D eigenvalue weighted by atomic mass is 31.2. The maximum Gasteiger partial charge on any atom is 0.326 e. The largest absolute Gasteiger partial charge is 0.464 e. The van der Waals surface area contributed by atoms with Crippen LogP contribution in [0.25, 0.3) is 11.2 Å². The first-order valence-electron chi connectivity index (χ1n) is 14.5. The molecule has 1 aliphatic carbocycles. The zero-order valence-electron chi connectivity index (χ0n) is 25.0. The number of fused-ring (bicyclic) bond motifs is 1. The molecule has 2 heterocycles. The van der Waals surface area contributed by atoms with E-state index in [-0.39, 0.29) is 18.8 Å². The van der Waals surface area contributed by atoms with Gasteiger partial charge in [0.15, 0.2) is 11.5 Å². The summed E-state index contributed by atoms with van der Waals surface area (Å²) in [5.74, 6) is -0.691. The molecule has 0 saturated heterocycles. The molecule has 1 aliphatic rings. The Kier molecular flexibility index (Phi) is 11.7. The van der Waals surface area contributed by atoms with Crippen LogP contribution in [0.15, 0.2) is 12.7 Å². The zero-order valence-corrected chi connectivity index (χ0v) is 25.9. The van der Waals surface area contributed by atoms with Crippen LogP contribution in [0.2, 0.25) is 0 Å². The molecule has 4 N–H and O–H groups in total. The van der Waals surface area contributed by atoms with E-state index in [4.69, 9.17) is 19.9 Å². The van der Waals surface area contributed by atoms with Crippen LogP contribution in [0.3, 0.4) is 0 Å². The molecule has 0 radical (unpaired) electrons. The van der Waals surface area contributed by atoms with Crippen molar-refractivity contribution in [2.45, 2.75) is 110 Å². The predicted molar refractivity (Wildman–Crippen MR) is 156 cm³/mol. The summed E-state index contributed by atoms with van der Waals surface area (Å²) in [6, 6.07) is 0. The molecule has 2 aromatic heterocycles. The molecule has 41 heavy (non-hydrogen) atoms. The van der Waals surface area contributed by atoms with Crippen LogP contribution in [0, 0.1) is 0 Å². The maximum absolute atomic E-state index is 14.4. The Morgan fingerprint density at radius 2 is 1.76 bits per heavy atom. The number of esters is 2. The molecule has 230 valence electrons. The molecular weight excluding hydrogens is 549 g/mol. The van der Waals surface area contributed by atoms with Crippen molar-refractivity contribution in [2.24, 2.45) is 0 Å². The third kappa shape index (κ3) is 9.19. The number of hydrogen-bond donors (Lipinski definition) is 3. The Hall–Kier alpha value is -2.60. The Morgan fingerprint density at radius 3 is 2.39 bits per heavy atom. The van der Waals surface area contributed by atoms with Gasteiger partial charge in [-0.05, 0) is 46.5 Å². The molecule has 0 amide bonds. The lowest BCUT2D eigenvalue weighted by atomic mass is 10.1. The maximum atomic E-state index is 14.4. The first-order chi connectivity index (χ1) is 19.5. The minimum Gasteiger partial charge on any atom is -0.464 e. The van der Waals surface area contributed by atoms with Gasteiger partial charge in [-0.2, -0.15) is 0 Å². The first-order valence-corrected chi connectivity index (χ1v) is 16.4. The molecule has 13 nitrogen and oxygen atoms in total. The lowest BCUT2D eigenvalue weighted by molar-refractivity contribution is -0.149. The van der Waals surface area contributed by atoms with E-state index in [1.165, 1.54) is 6.33 Å². The predicted octanol–water partition coefficient (Wildman–Crippen LogP) is 3.92. The van der Waals surface area contributed by atoms with Gasteiger partial charge in [-0.1, -0.05) is 39.5 Å². The number of nitrogens with zero attached hydrogens (tertiary/aromatic N) is 4. The number of unbranched alkanes of at least 4 members (excludes halogenated alkanes) is 4. The van der Waals surface area contributed by atoms with E-state index in [9.17, 15) is 14.2 Å². The molecule has 3 rings (SSSR count). The van der Waals surface area contributed by atoms with Crippen molar-refractivity contribution in [2.75, 3.05) is 25.3 Å². The smallest absolute Gasteiger partial charge is 0.326 e. The second-order valence-corrected chi connectivity index (χ2v) is 13.5. The number of nitrogen functional groups attached to an aromatic ring is 1. The van der Waals surface area contributed by atoms with Crippen LogP contribution in [-0.4, -0.2) is 68.2 Å². The summed E-state index contributed by atoms with van der Waals surface area (Å²) in [5.41, 5.74) is 4.54. The Morgan fingerprint density at radius 1 is 1.10 bits per heavy atom. The molecular formula is C27H46N7O6P. The van der Waals surface area contributed by atoms with Gasteiger partial charge in [0.05, 0.1) is 32.2 Å². The second kappa shape index (κ2) is 14.5. The highest BCUT2D eigenvalue weighted by molar-refractivity contribution is 7.59. The van der Waals surface area contributed by atoms with E-state index in [1.807, 2.05) is 6.92 Å². The fourth-order valence-electron chi connectivity index (χ4n) is 4.37. The van der Waals surface area contributed by atoms with Crippen molar-refractivity contribution in [1.29, 1.82) is 0 Å². The van der Waals surface area contributed by atoms with Gasteiger partial charge < -0.3 is 24.5 Å². The summed E-state index contributed by atoms with van der Waals surface area (Å²) in [4.78, 5) is 38.4. The number of rotatable bonds is 19. The molecule has 2 atom stereocenters. The molecule has 1 fully saturated rings. The molecule has 1 unspecified atom stereocenters. The summed E-state index contributed by atoms with van der Waals surface area (Å²) in [6.07, 6.45) is 8.63. The Bertz CT molecular complexity index is 1180. The standard InChI is InChI=1S/C27H46N7O6P/c1-6-8-10-14-38-24(35)26(4,5)32-41(37,33-27(12-13-27)25(36)39-15-11-9-7-2)19-40-20(3)16-34-18-31-21-22(28)29-17-30-23(21)34/h17-18,20H,6-16,19H2,1-5H3,(H2,28,29,30)(H2,32,33,37)/t20-,41?/m1/s1. The van der Waals surface area contributed by atoms with Gasteiger partial charge in [-0.25, -0.2) is 25.1 Å². The van der Waals surface area contributed by atoms with E-state index in [2.05, 4.69) is 39.0 Å². The van der Waals surface area contributed by atoms with Gasteiger partial charge in [0.25, 0.3) is 0 Å². The minimum absolute atomic E-state index is 0.278. The molecule has 1 saturated carbocycles. The highest BCUT2D eigenvalue weighted by Gasteiger charge is 2.56. The average Bonchev–Trinajstić information content (AvgIpc) is 3.58. The highest BCUT2D eigenvalue weighted by Crippen LogP contribution is 2.49. The number of aromatic nitrogens is 4. The number of anilines is 1. The Balaban J connectivity index is 1.71. The van der Waals surface area contributed by atoms with Gasteiger partial charge in [0.1, 0.15) is 29.3 Å². The van der Waals surface area contributed by atoms with Crippen LogP contribution >= 0.6 is 7.44 Å². The fraction of sp³-hybridized carbons (Fsp3) is 0.741. The van der Waals surface area contributed by atoms with Gasteiger partial charge in [-0.3, -0.25) is 14.2 Å². The van der Waals surface area contributed by atoms with Crippen LogP contribution in [0.4, 0.5) is 5.82 Å². The van der Waals surface area contributed by atoms with Crippen molar-refractivity contribution in [3.05, 3.63) is 12.7 Å². The number of imidazole rings is 1. The van der Waals surface area contributed by atoms with Crippen LogP contribution in [0.1, 0.15) is 86.0 Å². The molecule has 0 aromatic carbocycles.